The first-order valence-corrected chi connectivity index (χ1v) is 4.84. The Balaban J connectivity index is 3.11. The summed E-state index contributed by atoms with van der Waals surface area (Å²) in [6.45, 7) is 1.92. The number of halogens is 3. The fourth-order valence-corrected chi connectivity index (χ4v) is 1.63. The van der Waals surface area contributed by atoms with Crippen LogP contribution in [-0.4, -0.2) is 0 Å². The standard InChI is InChI=1S/C10H12ClF2N/c1-2-3-8(14)9-6(12)4-5-7(13)10(9)11/h4-5,8H,2-3,14H2,1H3/t8-/m0/s1. The maximum absolute atomic E-state index is 13.3. The van der Waals surface area contributed by atoms with Gasteiger partial charge in [0.05, 0.1) is 5.02 Å². The first-order chi connectivity index (χ1) is 6.57. The Kier molecular flexibility index (Phi) is 3.84. The van der Waals surface area contributed by atoms with Gasteiger partial charge in [0.2, 0.25) is 0 Å². The summed E-state index contributed by atoms with van der Waals surface area (Å²) in [5.41, 5.74) is 5.76. The minimum absolute atomic E-state index is 0.0773. The van der Waals surface area contributed by atoms with Crippen molar-refractivity contribution in [2.24, 2.45) is 5.73 Å². The number of hydrogen-bond acceptors (Lipinski definition) is 1. The number of hydrogen-bond donors (Lipinski definition) is 1. The van der Waals surface area contributed by atoms with E-state index in [0.29, 0.717) is 6.42 Å². The van der Waals surface area contributed by atoms with Crippen molar-refractivity contribution < 1.29 is 8.78 Å². The van der Waals surface area contributed by atoms with Gasteiger partial charge in [0, 0.05) is 11.6 Å². The molecule has 0 saturated carbocycles. The Morgan fingerprint density at radius 3 is 2.50 bits per heavy atom. The summed E-state index contributed by atoms with van der Waals surface area (Å²) < 4.78 is 26.3. The second-order valence-corrected chi connectivity index (χ2v) is 3.53. The molecule has 1 nitrogen and oxygen atoms in total. The van der Waals surface area contributed by atoms with Gasteiger partial charge in [-0.2, -0.15) is 0 Å². The van der Waals surface area contributed by atoms with Crippen molar-refractivity contribution in [3.63, 3.8) is 0 Å². The lowest BCUT2D eigenvalue weighted by atomic mass is 10.0. The van der Waals surface area contributed by atoms with Crippen molar-refractivity contribution in [1.29, 1.82) is 0 Å². The van der Waals surface area contributed by atoms with Gasteiger partial charge in [0.1, 0.15) is 11.6 Å². The molecule has 0 spiro atoms. The highest BCUT2D eigenvalue weighted by molar-refractivity contribution is 6.31. The molecule has 0 radical (unpaired) electrons. The van der Waals surface area contributed by atoms with Gasteiger partial charge in [-0.05, 0) is 18.6 Å². The zero-order chi connectivity index (χ0) is 10.7. The van der Waals surface area contributed by atoms with Crippen LogP contribution in [0.4, 0.5) is 8.78 Å². The Bertz CT molecular complexity index is 328. The molecule has 0 saturated heterocycles. The fourth-order valence-electron chi connectivity index (χ4n) is 1.34. The van der Waals surface area contributed by atoms with Crippen LogP contribution in [0.3, 0.4) is 0 Å². The van der Waals surface area contributed by atoms with Crippen molar-refractivity contribution >= 4 is 11.6 Å². The molecule has 0 heterocycles. The smallest absolute Gasteiger partial charge is 0.142 e. The molecule has 14 heavy (non-hydrogen) atoms. The highest BCUT2D eigenvalue weighted by Crippen LogP contribution is 2.29. The molecule has 0 unspecified atom stereocenters. The summed E-state index contributed by atoms with van der Waals surface area (Å²) in [4.78, 5) is 0. The molecule has 0 bridgehead atoms. The molecule has 0 amide bonds. The highest BCUT2D eigenvalue weighted by Gasteiger charge is 2.17. The van der Waals surface area contributed by atoms with Crippen LogP contribution in [0.5, 0.6) is 0 Å². The fraction of sp³-hybridized carbons (Fsp3) is 0.400. The van der Waals surface area contributed by atoms with Crippen LogP contribution in [0.2, 0.25) is 5.02 Å². The molecular formula is C10H12ClF2N. The minimum atomic E-state index is -0.630. The van der Waals surface area contributed by atoms with Crippen LogP contribution < -0.4 is 5.73 Å². The first kappa shape index (κ1) is 11.4. The van der Waals surface area contributed by atoms with Crippen LogP contribution in [0.25, 0.3) is 0 Å². The van der Waals surface area contributed by atoms with Crippen molar-refractivity contribution in [2.75, 3.05) is 0 Å². The third-order valence-corrected chi connectivity index (χ3v) is 2.43. The molecule has 0 fully saturated rings. The summed E-state index contributed by atoms with van der Waals surface area (Å²) in [7, 11) is 0. The van der Waals surface area contributed by atoms with Gasteiger partial charge in [-0.3, -0.25) is 0 Å². The topological polar surface area (TPSA) is 26.0 Å². The molecule has 1 rings (SSSR count). The maximum Gasteiger partial charge on any atom is 0.142 e. The SMILES string of the molecule is CCC[C@H](N)c1c(F)ccc(F)c1Cl. The molecule has 1 aromatic rings. The van der Waals surface area contributed by atoms with Gasteiger partial charge in [0.15, 0.2) is 0 Å². The largest absolute Gasteiger partial charge is 0.324 e. The lowest BCUT2D eigenvalue weighted by molar-refractivity contribution is 0.545. The van der Waals surface area contributed by atoms with Crippen molar-refractivity contribution in [2.45, 2.75) is 25.8 Å². The molecule has 0 aliphatic carbocycles. The van der Waals surface area contributed by atoms with E-state index in [2.05, 4.69) is 0 Å². The average molecular weight is 220 g/mol. The van der Waals surface area contributed by atoms with E-state index in [1.165, 1.54) is 0 Å². The zero-order valence-electron chi connectivity index (χ0n) is 7.86. The van der Waals surface area contributed by atoms with Crippen molar-refractivity contribution in [3.8, 4) is 0 Å². The van der Waals surface area contributed by atoms with E-state index in [4.69, 9.17) is 17.3 Å². The van der Waals surface area contributed by atoms with Gasteiger partial charge in [-0.1, -0.05) is 24.9 Å². The van der Waals surface area contributed by atoms with Gasteiger partial charge in [-0.25, -0.2) is 8.78 Å². The average Bonchev–Trinajstić information content (AvgIpc) is 2.13. The molecule has 0 aliphatic heterocycles. The van der Waals surface area contributed by atoms with Crippen LogP contribution in [0.15, 0.2) is 12.1 Å². The Morgan fingerprint density at radius 1 is 1.36 bits per heavy atom. The summed E-state index contributed by atoms with van der Waals surface area (Å²) >= 11 is 5.63. The van der Waals surface area contributed by atoms with Crippen LogP contribution >= 0.6 is 11.6 Å². The summed E-state index contributed by atoms with van der Waals surface area (Å²) in [6.07, 6.45) is 1.38. The Hall–Kier alpha value is -0.670. The lowest BCUT2D eigenvalue weighted by Crippen LogP contribution is -2.13. The normalized spacial score (nSPS) is 12.9. The number of nitrogens with two attached hydrogens (primary N) is 1. The van der Waals surface area contributed by atoms with E-state index in [0.717, 1.165) is 18.6 Å². The highest BCUT2D eigenvalue weighted by atomic mass is 35.5. The summed E-state index contributed by atoms with van der Waals surface area (Å²) in [6, 6.07) is 1.51. The molecule has 0 aliphatic rings. The summed E-state index contributed by atoms with van der Waals surface area (Å²) in [5.74, 6) is -1.17. The molecule has 1 atom stereocenters. The molecule has 78 valence electrons. The number of benzene rings is 1. The monoisotopic (exact) mass is 219 g/mol. The third-order valence-electron chi connectivity index (χ3n) is 2.05. The second kappa shape index (κ2) is 4.71. The quantitative estimate of drug-likeness (QED) is 0.775. The first-order valence-electron chi connectivity index (χ1n) is 4.46. The summed E-state index contributed by atoms with van der Waals surface area (Å²) in [5, 5.41) is -0.203. The van der Waals surface area contributed by atoms with E-state index >= 15 is 0 Å². The maximum atomic E-state index is 13.3. The van der Waals surface area contributed by atoms with Crippen molar-refractivity contribution in [1.82, 2.24) is 0 Å². The number of rotatable bonds is 3. The van der Waals surface area contributed by atoms with E-state index in [1.807, 2.05) is 6.92 Å². The Labute approximate surface area is 86.9 Å². The van der Waals surface area contributed by atoms with Crippen LogP contribution in [-0.2, 0) is 0 Å². The van der Waals surface area contributed by atoms with Crippen LogP contribution in [0.1, 0.15) is 31.4 Å². The van der Waals surface area contributed by atoms with Crippen LogP contribution in [0, 0.1) is 11.6 Å². The zero-order valence-corrected chi connectivity index (χ0v) is 8.61. The second-order valence-electron chi connectivity index (χ2n) is 3.15. The lowest BCUT2D eigenvalue weighted by Gasteiger charge is -2.13. The third kappa shape index (κ3) is 2.22. The predicted octanol–water partition coefficient (Wildman–Crippen LogP) is 3.42. The molecule has 2 N–H and O–H groups in total. The van der Waals surface area contributed by atoms with Gasteiger partial charge >= 0.3 is 0 Å². The van der Waals surface area contributed by atoms with Gasteiger partial charge < -0.3 is 5.73 Å². The van der Waals surface area contributed by atoms with Gasteiger partial charge in [0.25, 0.3) is 0 Å². The molecule has 1 aromatic carbocycles. The van der Waals surface area contributed by atoms with E-state index in [1.54, 1.807) is 0 Å². The Morgan fingerprint density at radius 2 is 1.93 bits per heavy atom. The minimum Gasteiger partial charge on any atom is -0.324 e. The molecule has 0 aromatic heterocycles. The van der Waals surface area contributed by atoms with Gasteiger partial charge in [-0.15, -0.1) is 0 Å². The molecular weight excluding hydrogens is 208 g/mol. The van der Waals surface area contributed by atoms with E-state index < -0.39 is 17.7 Å². The molecule has 4 heteroatoms. The van der Waals surface area contributed by atoms with Crippen molar-refractivity contribution in [3.05, 3.63) is 34.4 Å². The van der Waals surface area contributed by atoms with E-state index in [9.17, 15) is 8.78 Å². The van der Waals surface area contributed by atoms with E-state index in [-0.39, 0.29) is 10.6 Å². The predicted molar refractivity (Wildman–Crippen MR) is 53.2 cm³/mol.